The standard InChI is InChI=1S/C17H12BrFN2O2S/c18-13-6-3-11(4-7-13)14-2-1-9-21-17(14)12-5-8-16(15(19)10-12)24(20,22)23/h1-10H,(H2,20,22,23). The number of sulfonamides is 1. The molecule has 24 heavy (non-hydrogen) atoms. The van der Waals surface area contributed by atoms with Crippen LogP contribution >= 0.6 is 15.9 Å². The maximum absolute atomic E-state index is 14.1. The molecule has 0 saturated carbocycles. The lowest BCUT2D eigenvalue weighted by Gasteiger charge is -2.10. The van der Waals surface area contributed by atoms with Crippen molar-refractivity contribution in [2.75, 3.05) is 0 Å². The number of hydrogen-bond acceptors (Lipinski definition) is 3. The molecule has 0 aliphatic heterocycles. The van der Waals surface area contributed by atoms with Crippen molar-refractivity contribution in [2.24, 2.45) is 5.14 Å². The lowest BCUT2D eigenvalue weighted by molar-refractivity contribution is 0.568. The molecule has 0 aliphatic rings. The fraction of sp³-hybridized carbons (Fsp3) is 0. The molecule has 0 atom stereocenters. The molecule has 4 nitrogen and oxygen atoms in total. The van der Waals surface area contributed by atoms with E-state index in [1.54, 1.807) is 12.3 Å². The van der Waals surface area contributed by atoms with Gasteiger partial charge in [-0.25, -0.2) is 17.9 Å². The molecule has 7 heteroatoms. The van der Waals surface area contributed by atoms with E-state index in [1.807, 2.05) is 30.3 Å². The van der Waals surface area contributed by atoms with Crippen LogP contribution in [0.3, 0.4) is 0 Å². The van der Waals surface area contributed by atoms with Gasteiger partial charge in [0.05, 0.1) is 5.69 Å². The normalized spacial score (nSPS) is 11.5. The van der Waals surface area contributed by atoms with Crippen molar-refractivity contribution in [2.45, 2.75) is 4.90 Å². The summed E-state index contributed by atoms with van der Waals surface area (Å²) in [5, 5.41) is 4.99. The first-order chi connectivity index (χ1) is 11.4. The highest BCUT2D eigenvalue weighted by atomic mass is 79.9. The van der Waals surface area contributed by atoms with Crippen LogP contribution in [0.4, 0.5) is 4.39 Å². The van der Waals surface area contributed by atoms with Crippen LogP contribution in [0.1, 0.15) is 0 Å². The van der Waals surface area contributed by atoms with E-state index in [9.17, 15) is 12.8 Å². The molecule has 2 N–H and O–H groups in total. The van der Waals surface area contributed by atoms with E-state index in [4.69, 9.17) is 5.14 Å². The summed E-state index contributed by atoms with van der Waals surface area (Å²) in [5.41, 5.74) is 2.75. The number of primary sulfonamides is 1. The molecule has 122 valence electrons. The van der Waals surface area contributed by atoms with Gasteiger partial charge >= 0.3 is 0 Å². The van der Waals surface area contributed by atoms with Crippen LogP contribution in [-0.2, 0) is 10.0 Å². The number of aromatic nitrogens is 1. The van der Waals surface area contributed by atoms with E-state index in [0.29, 0.717) is 11.3 Å². The van der Waals surface area contributed by atoms with Crippen LogP contribution in [0.5, 0.6) is 0 Å². The first-order valence-electron chi connectivity index (χ1n) is 6.90. The van der Waals surface area contributed by atoms with Gasteiger partial charge in [-0.3, -0.25) is 4.98 Å². The average Bonchev–Trinajstić information content (AvgIpc) is 2.54. The molecule has 0 aliphatic carbocycles. The molecule has 1 aromatic heterocycles. The van der Waals surface area contributed by atoms with Crippen molar-refractivity contribution in [3.63, 3.8) is 0 Å². The van der Waals surface area contributed by atoms with Crippen molar-refractivity contribution in [1.29, 1.82) is 0 Å². The third-order valence-electron chi connectivity index (χ3n) is 3.47. The maximum atomic E-state index is 14.1. The Morgan fingerprint density at radius 3 is 2.29 bits per heavy atom. The lowest BCUT2D eigenvalue weighted by Crippen LogP contribution is -2.14. The van der Waals surface area contributed by atoms with Crippen molar-refractivity contribution < 1.29 is 12.8 Å². The third kappa shape index (κ3) is 3.38. The first-order valence-corrected chi connectivity index (χ1v) is 9.24. The Balaban J connectivity index is 2.14. The zero-order valence-corrected chi connectivity index (χ0v) is 14.7. The second-order valence-electron chi connectivity index (χ2n) is 5.10. The van der Waals surface area contributed by atoms with Gasteiger partial charge in [0.1, 0.15) is 10.7 Å². The van der Waals surface area contributed by atoms with Crippen LogP contribution in [0.25, 0.3) is 22.4 Å². The number of nitrogens with two attached hydrogens (primary N) is 1. The van der Waals surface area contributed by atoms with Gasteiger partial charge in [0, 0.05) is 21.8 Å². The van der Waals surface area contributed by atoms with Gasteiger partial charge in [-0.1, -0.05) is 40.2 Å². The zero-order chi connectivity index (χ0) is 17.3. The molecular formula is C17H12BrFN2O2S. The minimum atomic E-state index is -4.10. The summed E-state index contributed by atoms with van der Waals surface area (Å²) in [7, 11) is -4.10. The predicted octanol–water partition coefficient (Wildman–Crippen LogP) is 3.96. The summed E-state index contributed by atoms with van der Waals surface area (Å²) < 4.78 is 37.7. The second-order valence-corrected chi connectivity index (χ2v) is 7.54. The molecule has 0 bridgehead atoms. The van der Waals surface area contributed by atoms with Gasteiger partial charge in [-0.2, -0.15) is 0 Å². The number of nitrogens with zero attached hydrogens (tertiary/aromatic N) is 1. The van der Waals surface area contributed by atoms with Crippen LogP contribution in [0.15, 0.2) is 70.2 Å². The average molecular weight is 407 g/mol. The smallest absolute Gasteiger partial charge is 0.240 e. The predicted molar refractivity (Wildman–Crippen MR) is 94.1 cm³/mol. The van der Waals surface area contributed by atoms with Gasteiger partial charge < -0.3 is 0 Å². The summed E-state index contributed by atoms with van der Waals surface area (Å²) >= 11 is 3.38. The van der Waals surface area contributed by atoms with E-state index in [1.165, 1.54) is 6.07 Å². The number of benzene rings is 2. The highest BCUT2D eigenvalue weighted by molar-refractivity contribution is 9.10. The number of rotatable bonds is 3. The lowest BCUT2D eigenvalue weighted by atomic mass is 9.99. The van der Waals surface area contributed by atoms with Gasteiger partial charge in [0.2, 0.25) is 10.0 Å². The van der Waals surface area contributed by atoms with Crippen molar-refractivity contribution in [3.8, 4) is 22.4 Å². The Bertz CT molecular complexity index is 1010. The molecule has 0 unspecified atom stereocenters. The fourth-order valence-corrected chi connectivity index (χ4v) is 3.23. The van der Waals surface area contributed by atoms with Gasteiger partial charge in [0.15, 0.2) is 0 Å². The Labute approximate surface area is 147 Å². The molecule has 3 rings (SSSR count). The Kier molecular flexibility index (Phi) is 4.49. The van der Waals surface area contributed by atoms with Crippen LogP contribution in [-0.4, -0.2) is 13.4 Å². The fourth-order valence-electron chi connectivity index (χ4n) is 2.38. The number of pyridine rings is 1. The van der Waals surface area contributed by atoms with Gasteiger partial charge in [-0.05, 0) is 35.9 Å². The molecule has 1 heterocycles. The maximum Gasteiger partial charge on any atom is 0.240 e. The van der Waals surface area contributed by atoms with Crippen LogP contribution in [0, 0.1) is 5.82 Å². The highest BCUT2D eigenvalue weighted by Gasteiger charge is 2.16. The number of halogens is 2. The topological polar surface area (TPSA) is 73.1 Å². The molecule has 0 fully saturated rings. The molecule has 0 radical (unpaired) electrons. The summed E-state index contributed by atoms with van der Waals surface area (Å²) in [4.78, 5) is 3.79. The summed E-state index contributed by atoms with van der Waals surface area (Å²) in [6.45, 7) is 0. The largest absolute Gasteiger partial charge is 0.256 e. The van der Waals surface area contributed by atoms with E-state index < -0.39 is 20.7 Å². The summed E-state index contributed by atoms with van der Waals surface area (Å²) in [6, 6.07) is 15.1. The Hall–Kier alpha value is -2.09. The summed E-state index contributed by atoms with van der Waals surface area (Å²) in [5.74, 6) is -0.901. The van der Waals surface area contributed by atoms with Gasteiger partial charge in [0.25, 0.3) is 0 Å². The molecule has 0 amide bonds. The quantitative estimate of drug-likeness (QED) is 0.714. The molecule has 2 aromatic carbocycles. The molecule has 0 saturated heterocycles. The first kappa shape index (κ1) is 16.8. The van der Waals surface area contributed by atoms with Crippen molar-refractivity contribution in [1.82, 2.24) is 4.98 Å². The number of hydrogen-bond donors (Lipinski definition) is 1. The minimum Gasteiger partial charge on any atom is -0.256 e. The molecular weight excluding hydrogens is 395 g/mol. The Morgan fingerprint density at radius 1 is 1.00 bits per heavy atom. The monoisotopic (exact) mass is 406 g/mol. The third-order valence-corrected chi connectivity index (χ3v) is 4.95. The Morgan fingerprint density at radius 2 is 1.67 bits per heavy atom. The SMILES string of the molecule is NS(=O)(=O)c1ccc(-c2ncccc2-c2ccc(Br)cc2)cc1F. The zero-order valence-electron chi connectivity index (χ0n) is 12.3. The van der Waals surface area contributed by atoms with Crippen LogP contribution < -0.4 is 5.14 Å². The van der Waals surface area contributed by atoms with Crippen molar-refractivity contribution >= 4 is 26.0 Å². The summed E-state index contributed by atoms with van der Waals surface area (Å²) in [6.07, 6.45) is 1.60. The van der Waals surface area contributed by atoms with E-state index >= 15 is 0 Å². The van der Waals surface area contributed by atoms with Crippen molar-refractivity contribution in [3.05, 3.63) is 71.1 Å². The minimum absolute atomic E-state index is 0.471. The van der Waals surface area contributed by atoms with E-state index in [2.05, 4.69) is 20.9 Å². The van der Waals surface area contributed by atoms with E-state index in [0.717, 1.165) is 27.7 Å². The van der Waals surface area contributed by atoms with E-state index in [-0.39, 0.29) is 0 Å². The van der Waals surface area contributed by atoms with Gasteiger partial charge in [-0.15, -0.1) is 0 Å². The second kappa shape index (κ2) is 6.43. The molecule has 0 spiro atoms. The highest BCUT2D eigenvalue weighted by Crippen LogP contribution is 2.32. The molecule has 3 aromatic rings. The van der Waals surface area contributed by atoms with Crippen LogP contribution in [0.2, 0.25) is 0 Å².